The fourth-order valence-corrected chi connectivity index (χ4v) is 2.17. The number of hydrogen-bond acceptors (Lipinski definition) is 2. The zero-order chi connectivity index (χ0) is 14.3. The first kappa shape index (κ1) is 12.6. The lowest BCUT2D eigenvalue weighted by Gasteiger charge is -2.01. The summed E-state index contributed by atoms with van der Waals surface area (Å²) < 4.78 is 13.4. The van der Waals surface area contributed by atoms with Crippen LogP contribution < -0.4 is 0 Å². The van der Waals surface area contributed by atoms with Gasteiger partial charge >= 0.3 is 5.97 Å². The summed E-state index contributed by atoms with van der Waals surface area (Å²) in [5, 5.41) is 9.14. The minimum Gasteiger partial charge on any atom is -0.478 e. The molecule has 0 unspecified atom stereocenters. The standard InChI is InChI=1S/C14H8ClFN2O2/c15-9-5-11-12(6-10(9)16)18-13(17-11)7-3-1-2-4-8(7)14(19)20/h1-6H,(H,17,18)(H,19,20). The number of imidazole rings is 1. The molecule has 0 fully saturated rings. The van der Waals surface area contributed by atoms with Gasteiger partial charge in [0, 0.05) is 11.6 Å². The summed E-state index contributed by atoms with van der Waals surface area (Å²) in [5.41, 5.74) is 1.50. The molecule has 3 aromatic rings. The summed E-state index contributed by atoms with van der Waals surface area (Å²) >= 11 is 5.70. The van der Waals surface area contributed by atoms with Gasteiger partial charge in [0.25, 0.3) is 0 Å². The second kappa shape index (κ2) is 4.61. The Morgan fingerprint density at radius 2 is 2.05 bits per heavy atom. The van der Waals surface area contributed by atoms with Gasteiger partial charge in [-0.05, 0) is 12.1 Å². The molecule has 0 aliphatic rings. The topological polar surface area (TPSA) is 66.0 Å². The van der Waals surface area contributed by atoms with Crippen LogP contribution in [0.5, 0.6) is 0 Å². The second-order valence-corrected chi connectivity index (χ2v) is 4.63. The Balaban J connectivity index is 2.23. The maximum Gasteiger partial charge on any atom is 0.336 e. The Kier molecular flexibility index (Phi) is 2.91. The Morgan fingerprint density at radius 3 is 2.80 bits per heavy atom. The number of H-pyrrole nitrogens is 1. The van der Waals surface area contributed by atoms with Crippen LogP contribution in [-0.2, 0) is 0 Å². The van der Waals surface area contributed by atoms with Crippen LogP contribution in [-0.4, -0.2) is 21.0 Å². The Hall–Kier alpha value is -2.40. The van der Waals surface area contributed by atoms with Crippen molar-refractivity contribution in [2.45, 2.75) is 0 Å². The van der Waals surface area contributed by atoms with Crippen LogP contribution in [0.3, 0.4) is 0 Å². The smallest absolute Gasteiger partial charge is 0.336 e. The number of rotatable bonds is 2. The summed E-state index contributed by atoms with van der Waals surface area (Å²) in [5.74, 6) is -1.24. The lowest BCUT2D eigenvalue weighted by molar-refractivity contribution is 0.0697. The number of halogens is 2. The number of nitrogens with zero attached hydrogens (tertiary/aromatic N) is 1. The molecule has 2 aromatic carbocycles. The van der Waals surface area contributed by atoms with E-state index in [1.807, 2.05) is 0 Å². The number of carbonyl (C=O) groups is 1. The number of aromatic nitrogens is 2. The summed E-state index contributed by atoms with van der Waals surface area (Å²) in [4.78, 5) is 18.4. The molecular formula is C14H8ClFN2O2. The number of benzene rings is 2. The largest absolute Gasteiger partial charge is 0.478 e. The van der Waals surface area contributed by atoms with Crippen molar-refractivity contribution in [3.63, 3.8) is 0 Å². The predicted octanol–water partition coefficient (Wildman–Crippen LogP) is 3.72. The first-order valence-electron chi connectivity index (χ1n) is 5.73. The van der Waals surface area contributed by atoms with Crippen LogP contribution in [0.4, 0.5) is 4.39 Å². The molecule has 6 heteroatoms. The van der Waals surface area contributed by atoms with Gasteiger partial charge in [-0.1, -0.05) is 29.8 Å². The fourth-order valence-electron chi connectivity index (χ4n) is 2.01. The molecule has 3 rings (SSSR count). The van der Waals surface area contributed by atoms with Gasteiger partial charge in [0.15, 0.2) is 0 Å². The maximum atomic E-state index is 13.4. The van der Waals surface area contributed by atoms with Gasteiger partial charge in [-0.3, -0.25) is 0 Å². The quantitative estimate of drug-likeness (QED) is 0.756. The van der Waals surface area contributed by atoms with Crippen LogP contribution >= 0.6 is 11.6 Å². The van der Waals surface area contributed by atoms with Crippen molar-refractivity contribution in [1.29, 1.82) is 0 Å². The van der Waals surface area contributed by atoms with Crippen LogP contribution in [0.1, 0.15) is 10.4 Å². The fraction of sp³-hybridized carbons (Fsp3) is 0. The Labute approximate surface area is 117 Å². The lowest BCUT2D eigenvalue weighted by Crippen LogP contribution is -1.99. The number of hydrogen-bond donors (Lipinski definition) is 2. The molecule has 0 aliphatic heterocycles. The van der Waals surface area contributed by atoms with E-state index >= 15 is 0 Å². The molecule has 1 heterocycles. The van der Waals surface area contributed by atoms with E-state index in [0.717, 1.165) is 0 Å². The monoisotopic (exact) mass is 290 g/mol. The van der Waals surface area contributed by atoms with Crippen LogP contribution in [0, 0.1) is 5.82 Å². The SMILES string of the molecule is O=C(O)c1ccccc1-c1nc2cc(Cl)c(F)cc2[nH]1. The van der Waals surface area contributed by atoms with E-state index in [4.69, 9.17) is 16.7 Å². The zero-order valence-electron chi connectivity index (χ0n) is 10.0. The van der Waals surface area contributed by atoms with Gasteiger partial charge in [0.05, 0.1) is 21.6 Å². The molecule has 0 bridgehead atoms. The molecule has 2 N–H and O–H groups in total. The second-order valence-electron chi connectivity index (χ2n) is 4.22. The highest BCUT2D eigenvalue weighted by atomic mass is 35.5. The van der Waals surface area contributed by atoms with Crippen molar-refractivity contribution < 1.29 is 14.3 Å². The molecule has 0 aliphatic carbocycles. The molecule has 20 heavy (non-hydrogen) atoms. The summed E-state index contributed by atoms with van der Waals surface area (Å²) in [6.07, 6.45) is 0. The molecule has 1 aromatic heterocycles. The highest BCUT2D eigenvalue weighted by Gasteiger charge is 2.15. The minimum absolute atomic E-state index is 0.0259. The van der Waals surface area contributed by atoms with Crippen molar-refractivity contribution in [1.82, 2.24) is 9.97 Å². The zero-order valence-corrected chi connectivity index (χ0v) is 10.8. The Bertz CT molecular complexity index is 790. The molecule has 0 atom stereocenters. The van der Waals surface area contributed by atoms with E-state index in [0.29, 0.717) is 22.4 Å². The van der Waals surface area contributed by atoms with E-state index in [2.05, 4.69) is 9.97 Å². The molecule has 100 valence electrons. The molecule has 0 radical (unpaired) electrons. The number of carboxylic acid groups (broad SMARTS) is 1. The third-order valence-electron chi connectivity index (χ3n) is 2.94. The van der Waals surface area contributed by atoms with Gasteiger partial charge in [0.1, 0.15) is 11.6 Å². The van der Waals surface area contributed by atoms with Gasteiger partial charge in [-0.2, -0.15) is 0 Å². The van der Waals surface area contributed by atoms with E-state index in [1.54, 1.807) is 18.2 Å². The molecule has 0 saturated heterocycles. The van der Waals surface area contributed by atoms with Gasteiger partial charge in [0.2, 0.25) is 0 Å². The first-order chi connectivity index (χ1) is 9.56. The highest BCUT2D eigenvalue weighted by Crippen LogP contribution is 2.26. The van der Waals surface area contributed by atoms with Crippen LogP contribution in [0.2, 0.25) is 5.02 Å². The predicted molar refractivity (Wildman–Crippen MR) is 73.5 cm³/mol. The lowest BCUT2D eigenvalue weighted by atomic mass is 10.1. The van der Waals surface area contributed by atoms with E-state index in [-0.39, 0.29) is 10.6 Å². The van der Waals surface area contributed by atoms with E-state index < -0.39 is 11.8 Å². The molecule has 0 saturated carbocycles. The normalized spacial score (nSPS) is 10.9. The third kappa shape index (κ3) is 2.02. The van der Waals surface area contributed by atoms with Gasteiger partial charge < -0.3 is 10.1 Å². The van der Waals surface area contributed by atoms with E-state index in [9.17, 15) is 9.18 Å². The number of aromatic carboxylic acids is 1. The third-order valence-corrected chi connectivity index (χ3v) is 3.23. The van der Waals surface area contributed by atoms with Crippen molar-refractivity contribution in [3.8, 4) is 11.4 Å². The number of nitrogens with one attached hydrogen (secondary N) is 1. The summed E-state index contributed by atoms with van der Waals surface area (Å²) in [6, 6.07) is 9.10. The number of fused-ring (bicyclic) bond motifs is 1. The van der Waals surface area contributed by atoms with E-state index in [1.165, 1.54) is 18.2 Å². The van der Waals surface area contributed by atoms with Crippen molar-refractivity contribution in [2.24, 2.45) is 0 Å². The van der Waals surface area contributed by atoms with Gasteiger partial charge in [-0.25, -0.2) is 14.2 Å². The average Bonchev–Trinajstić information content (AvgIpc) is 2.82. The number of carboxylic acids is 1. The maximum absolute atomic E-state index is 13.4. The van der Waals surface area contributed by atoms with Gasteiger partial charge in [-0.15, -0.1) is 0 Å². The van der Waals surface area contributed by atoms with Crippen molar-refractivity contribution >= 4 is 28.6 Å². The molecule has 0 spiro atoms. The van der Waals surface area contributed by atoms with Crippen LogP contribution in [0.15, 0.2) is 36.4 Å². The van der Waals surface area contributed by atoms with Crippen LogP contribution in [0.25, 0.3) is 22.4 Å². The van der Waals surface area contributed by atoms with Crippen molar-refractivity contribution in [2.75, 3.05) is 0 Å². The molecule has 4 nitrogen and oxygen atoms in total. The molecular weight excluding hydrogens is 283 g/mol. The number of aromatic amines is 1. The average molecular weight is 291 g/mol. The van der Waals surface area contributed by atoms with Crippen molar-refractivity contribution in [3.05, 3.63) is 52.8 Å². The first-order valence-corrected chi connectivity index (χ1v) is 6.11. The Morgan fingerprint density at radius 1 is 1.30 bits per heavy atom. The summed E-state index contributed by atoms with van der Waals surface area (Å²) in [6.45, 7) is 0. The molecule has 0 amide bonds. The minimum atomic E-state index is -1.05. The summed E-state index contributed by atoms with van der Waals surface area (Å²) in [7, 11) is 0. The highest BCUT2D eigenvalue weighted by molar-refractivity contribution is 6.31.